The number of amides is 1. The predicted octanol–water partition coefficient (Wildman–Crippen LogP) is 4.25. The summed E-state index contributed by atoms with van der Waals surface area (Å²) in [6.45, 7) is 2.27. The van der Waals surface area contributed by atoms with Crippen LogP contribution in [0.4, 0.5) is 4.39 Å². The molecule has 1 amide bonds. The monoisotopic (exact) mass is 485 g/mol. The van der Waals surface area contributed by atoms with Crippen molar-refractivity contribution in [2.24, 2.45) is 0 Å². The number of nitrogens with zero attached hydrogens (tertiary/aromatic N) is 1. The lowest BCUT2D eigenvalue weighted by molar-refractivity contribution is -0.124. The molecule has 178 valence electrons. The minimum Gasteiger partial charge on any atom is -0.486 e. The minimum atomic E-state index is -0.640. The van der Waals surface area contributed by atoms with Crippen LogP contribution in [0.2, 0.25) is 0 Å². The van der Waals surface area contributed by atoms with Gasteiger partial charge in [-0.3, -0.25) is 19.7 Å². The van der Waals surface area contributed by atoms with Crippen molar-refractivity contribution >= 4 is 41.1 Å². The number of hydroxylamine groups is 1. The van der Waals surface area contributed by atoms with Crippen LogP contribution in [-0.4, -0.2) is 45.5 Å². The smallest absolute Gasteiger partial charge is 0.267 e. The van der Waals surface area contributed by atoms with E-state index in [2.05, 4.69) is 9.88 Å². The van der Waals surface area contributed by atoms with Crippen LogP contribution in [0, 0.1) is 5.82 Å². The van der Waals surface area contributed by atoms with Gasteiger partial charge in [0.05, 0.1) is 12.0 Å². The van der Waals surface area contributed by atoms with Gasteiger partial charge in [-0.05, 0) is 47.5 Å². The Hall–Kier alpha value is -3.20. The Morgan fingerprint density at radius 1 is 1.24 bits per heavy atom. The van der Waals surface area contributed by atoms with Crippen molar-refractivity contribution < 1.29 is 23.9 Å². The molecule has 2 aliphatic heterocycles. The number of ketones is 1. The lowest BCUT2D eigenvalue weighted by Crippen LogP contribution is -2.50. The highest BCUT2D eigenvalue weighted by molar-refractivity contribution is 6.01. The van der Waals surface area contributed by atoms with E-state index in [9.17, 15) is 14.0 Å². The van der Waals surface area contributed by atoms with Gasteiger partial charge in [0.1, 0.15) is 17.2 Å². The fraction of sp³-hybridized carbons (Fsp3) is 0.280. The summed E-state index contributed by atoms with van der Waals surface area (Å²) in [5.74, 6) is -0.294. The number of Topliss-reactive ketones (excluding diaryl/α,β-unsaturated/α-hetero) is 1. The normalized spacial score (nSPS) is 17.4. The maximum absolute atomic E-state index is 13.7. The molecule has 34 heavy (non-hydrogen) atoms. The first-order valence-corrected chi connectivity index (χ1v) is 10.9. The van der Waals surface area contributed by atoms with Crippen molar-refractivity contribution in [1.82, 2.24) is 15.4 Å². The summed E-state index contributed by atoms with van der Waals surface area (Å²) >= 11 is 0. The molecule has 1 saturated heterocycles. The number of aromatic amines is 1. The fourth-order valence-corrected chi connectivity index (χ4v) is 4.74. The van der Waals surface area contributed by atoms with E-state index in [-0.39, 0.29) is 24.0 Å². The summed E-state index contributed by atoms with van der Waals surface area (Å²) in [6.07, 6.45) is 6.42. The molecule has 1 fully saturated rings. The lowest BCUT2D eigenvalue weighted by atomic mass is 9.82. The lowest BCUT2D eigenvalue weighted by Gasteiger charge is -2.44. The van der Waals surface area contributed by atoms with Crippen molar-refractivity contribution in [3.05, 3.63) is 71.2 Å². The second kappa shape index (κ2) is 9.58. The van der Waals surface area contributed by atoms with Gasteiger partial charge in [0.15, 0.2) is 5.78 Å². The van der Waals surface area contributed by atoms with E-state index in [1.165, 1.54) is 23.7 Å². The second-order valence-electron chi connectivity index (χ2n) is 8.73. The third kappa shape index (κ3) is 4.70. The quantitative estimate of drug-likeness (QED) is 0.292. The molecule has 0 saturated carbocycles. The standard InChI is InChI=1S/C25H24FN3O4.ClH/c26-18-3-4-21-19(12-18)17(14-27-21)15-29-9-7-25(8-10-29)13-22(30)20-11-16(1-5-23(20)33-25)2-6-24(31)28-32;/h1-6,11-12,14,27,32H,7-10,13,15H2,(H,28,31);1H/b6-2+;. The molecule has 9 heteroatoms. The highest BCUT2D eigenvalue weighted by Gasteiger charge is 2.43. The molecular formula is C25H25ClFN3O4. The number of H-pyrrole nitrogens is 1. The van der Waals surface area contributed by atoms with Gasteiger partial charge in [0.2, 0.25) is 0 Å². The van der Waals surface area contributed by atoms with E-state index in [1.54, 1.807) is 30.3 Å². The molecule has 3 aromatic rings. The zero-order valence-electron chi connectivity index (χ0n) is 18.3. The number of hydrogen-bond acceptors (Lipinski definition) is 5. The number of likely N-dealkylation sites (tertiary alicyclic amines) is 1. The topological polar surface area (TPSA) is 94.7 Å². The van der Waals surface area contributed by atoms with E-state index >= 15 is 0 Å². The van der Waals surface area contributed by atoms with E-state index < -0.39 is 11.5 Å². The number of hydrogen-bond donors (Lipinski definition) is 3. The fourth-order valence-electron chi connectivity index (χ4n) is 4.74. The molecule has 0 atom stereocenters. The van der Waals surface area contributed by atoms with Crippen molar-refractivity contribution in [1.29, 1.82) is 0 Å². The first kappa shape index (κ1) is 23.9. The molecule has 0 unspecified atom stereocenters. The van der Waals surface area contributed by atoms with Crippen molar-refractivity contribution in [2.75, 3.05) is 13.1 Å². The van der Waals surface area contributed by atoms with Crippen LogP contribution in [0.15, 0.2) is 48.7 Å². The van der Waals surface area contributed by atoms with Gasteiger partial charge in [-0.1, -0.05) is 6.07 Å². The van der Waals surface area contributed by atoms with Crippen molar-refractivity contribution in [3.8, 4) is 5.75 Å². The van der Waals surface area contributed by atoms with E-state index in [0.717, 1.165) is 42.4 Å². The van der Waals surface area contributed by atoms with Crippen LogP contribution in [-0.2, 0) is 11.3 Å². The third-order valence-electron chi connectivity index (χ3n) is 6.54. The molecule has 2 aromatic carbocycles. The Morgan fingerprint density at radius 3 is 2.79 bits per heavy atom. The number of carbonyl (C=O) groups excluding carboxylic acids is 2. The summed E-state index contributed by atoms with van der Waals surface area (Å²) < 4.78 is 20.0. The number of benzene rings is 2. The average molecular weight is 486 g/mol. The number of ether oxygens (including phenoxy) is 1. The second-order valence-corrected chi connectivity index (χ2v) is 8.73. The largest absolute Gasteiger partial charge is 0.486 e. The zero-order chi connectivity index (χ0) is 23.0. The van der Waals surface area contributed by atoms with Gasteiger partial charge < -0.3 is 9.72 Å². The van der Waals surface area contributed by atoms with E-state index in [1.807, 2.05) is 6.20 Å². The van der Waals surface area contributed by atoms with Crippen LogP contribution >= 0.6 is 12.4 Å². The maximum Gasteiger partial charge on any atom is 0.267 e. The number of nitrogens with one attached hydrogen (secondary N) is 2. The van der Waals surface area contributed by atoms with Crippen molar-refractivity contribution in [3.63, 3.8) is 0 Å². The molecule has 0 radical (unpaired) electrons. The van der Waals surface area contributed by atoms with E-state index in [0.29, 0.717) is 29.8 Å². The summed E-state index contributed by atoms with van der Waals surface area (Å²) in [6, 6.07) is 10.0. The van der Waals surface area contributed by atoms with Gasteiger partial charge >= 0.3 is 0 Å². The predicted molar refractivity (Wildman–Crippen MR) is 128 cm³/mol. The van der Waals surface area contributed by atoms with Gasteiger partial charge in [0, 0.05) is 55.7 Å². The zero-order valence-corrected chi connectivity index (χ0v) is 19.2. The van der Waals surface area contributed by atoms with Crippen LogP contribution in [0.5, 0.6) is 5.75 Å². The summed E-state index contributed by atoms with van der Waals surface area (Å²) in [5.41, 5.74) is 4.18. The van der Waals surface area contributed by atoms with Crippen LogP contribution < -0.4 is 10.2 Å². The Labute approximate surface area is 202 Å². The Bertz CT molecular complexity index is 1260. The summed E-state index contributed by atoms with van der Waals surface area (Å²) in [7, 11) is 0. The number of piperidine rings is 1. The Balaban J connectivity index is 0.00000274. The molecule has 0 aliphatic carbocycles. The molecule has 1 aromatic heterocycles. The molecular weight excluding hydrogens is 461 g/mol. The first-order valence-electron chi connectivity index (χ1n) is 10.9. The first-order chi connectivity index (χ1) is 15.9. The maximum atomic E-state index is 13.7. The van der Waals surface area contributed by atoms with Crippen LogP contribution in [0.1, 0.15) is 40.7 Å². The Morgan fingerprint density at radius 2 is 2.03 bits per heavy atom. The molecule has 1 spiro atoms. The number of halogens is 2. The summed E-state index contributed by atoms with van der Waals surface area (Å²) in [5, 5.41) is 9.49. The van der Waals surface area contributed by atoms with Crippen LogP contribution in [0.3, 0.4) is 0 Å². The Kier molecular flexibility index (Phi) is 6.74. The van der Waals surface area contributed by atoms with Gasteiger partial charge in [0.25, 0.3) is 5.91 Å². The molecule has 0 bridgehead atoms. The van der Waals surface area contributed by atoms with E-state index in [4.69, 9.17) is 9.94 Å². The van der Waals surface area contributed by atoms with Gasteiger partial charge in [-0.25, -0.2) is 9.87 Å². The van der Waals surface area contributed by atoms with Crippen LogP contribution in [0.25, 0.3) is 17.0 Å². The molecule has 3 N–H and O–H groups in total. The highest BCUT2D eigenvalue weighted by atomic mass is 35.5. The highest BCUT2D eigenvalue weighted by Crippen LogP contribution is 2.40. The number of rotatable bonds is 4. The molecule has 7 nitrogen and oxygen atoms in total. The average Bonchev–Trinajstić information content (AvgIpc) is 3.21. The molecule has 5 rings (SSSR count). The van der Waals surface area contributed by atoms with Crippen molar-refractivity contribution in [2.45, 2.75) is 31.4 Å². The summed E-state index contributed by atoms with van der Waals surface area (Å²) in [4.78, 5) is 29.6. The third-order valence-corrected chi connectivity index (χ3v) is 6.54. The SMILES string of the molecule is Cl.O=C(/C=C/c1ccc2c(c1)C(=O)CC1(CCN(Cc3c[nH]c4ccc(F)cc34)CC1)O2)NO. The number of aromatic nitrogens is 1. The number of carbonyl (C=O) groups is 2. The minimum absolute atomic E-state index is 0. The molecule has 2 aliphatic rings. The molecule has 3 heterocycles. The van der Waals surface area contributed by atoms with Gasteiger partial charge in [-0.2, -0.15) is 0 Å². The van der Waals surface area contributed by atoms with Gasteiger partial charge in [-0.15, -0.1) is 12.4 Å². The number of fused-ring (bicyclic) bond motifs is 2.